The second-order valence-corrected chi connectivity index (χ2v) is 7.59. The normalized spacial score (nSPS) is 13.6. The molecule has 0 fully saturated rings. The standard InChI is InChI=1S/C23H16N2O3S/c1-2-10-25-18-13-19-20(28-12-11-27-19)14-21(18)29-23(25)24-22(26)17-9-5-7-15-6-3-4-8-16(15)17/h1,3-9,13-14H,10-12H2. The molecule has 0 saturated carbocycles. The van der Waals surface area contributed by atoms with Crippen LogP contribution in [-0.4, -0.2) is 23.7 Å². The molecule has 0 unspecified atom stereocenters. The fraction of sp³-hybridized carbons (Fsp3) is 0.130. The van der Waals surface area contributed by atoms with Crippen molar-refractivity contribution in [2.75, 3.05) is 13.2 Å². The molecule has 4 aromatic rings. The first kappa shape index (κ1) is 17.5. The first-order valence-electron chi connectivity index (χ1n) is 9.18. The van der Waals surface area contributed by atoms with Crippen LogP contribution in [-0.2, 0) is 6.54 Å². The molecular weight excluding hydrogens is 384 g/mol. The maximum absolute atomic E-state index is 13.0. The fourth-order valence-electron chi connectivity index (χ4n) is 3.49. The van der Waals surface area contributed by atoms with E-state index in [0.717, 1.165) is 21.0 Å². The van der Waals surface area contributed by atoms with Gasteiger partial charge in [0.2, 0.25) is 0 Å². The number of terminal acetylenes is 1. The number of nitrogens with zero attached hydrogens (tertiary/aromatic N) is 2. The van der Waals surface area contributed by atoms with E-state index < -0.39 is 0 Å². The molecule has 0 N–H and O–H groups in total. The Bertz CT molecular complexity index is 1370. The molecule has 29 heavy (non-hydrogen) atoms. The van der Waals surface area contributed by atoms with Gasteiger partial charge in [0.1, 0.15) is 13.2 Å². The average molecular weight is 400 g/mol. The predicted octanol–water partition coefficient (Wildman–Crippen LogP) is 4.00. The summed E-state index contributed by atoms with van der Waals surface area (Å²) in [6.45, 7) is 1.33. The van der Waals surface area contributed by atoms with E-state index in [9.17, 15) is 4.79 Å². The molecule has 0 aliphatic carbocycles. The Hall–Kier alpha value is -3.56. The number of benzene rings is 3. The van der Waals surface area contributed by atoms with Crippen molar-refractivity contribution in [3.05, 3.63) is 65.0 Å². The first-order chi connectivity index (χ1) is 14.2. The van der Waals surface area contributed by atoms with Crippen LogP contribution in [0.15, 0.2) is 59.6 Å². The summed E-state index contributed by atoms with van der Waals surface area (Å²) in [5.74, 6) is 3.74. The van der Waals surface area contributed by atoms with Gasteiger partial charge in [0.25, 0.3) is 5.91 Å². The predicted molar refractivity (Wildman–Crippen MR) is 113 cm³/mol. The van der Waals surface area contributed by atoms with Crippen molar-refractivity contribution in [1.29, 1.82) is 0 Å². The lowest BCUT2D eigenvalue weighted by Crippen LogP contribution is -2.17. The van der Waals surface area contributed by atoms with E-state index in [1.807, 2.05) is 53.1 Å². The Morgan fingerprint density at radius 2 is 1.86 bits per heavy atom. The minimum Gasteiger partial charge on any atom is -0.486 e. The second-order valence-electron chi connectivity index (χ2n) is 6.58. The van der Waals surface area contributed by atoms with Crippen LogP contribution in [0.2, 0.25) is 0 Å². The molecule has 1 aliphatic rings. The number of hydrogen-bond acceptors (Lipinski definition) is 4. The molecule has 1 amide bonds. The molecular formula is C23H16N2O3S. The van der Waals surface area contributed by atoms with Gasteiger partial charge in [-0.05, 0) is 16.8 Å². The lowest BCUT2D eigenvalue weighted by molar-refractivity contribution is 0.0999. The van der Waals surface area contributed by atoms with Crippen LogP contribution in [0, 0.1) is 12.3 Å². The fourth-order valence-corrected chi connectivity index (χ4v) is 4.53. The zero-order valence-electron chi connectivity index (χ0n) is 15.4. The largest absolute Gasteiger partial charge is 0.486 e. The van der Waals surface area contributed by atoms with Crippen molar-refractivity contribution in [3.63, 3.8) is 0 Å². The molecule has 5 rings (SSSR count). The van der Waals surface area contributed by atoms with Gasteiger partial charge >= 0.3 is 0 Å². The Kier molecular flexibility index (Phi) is 4.30. The summed E-state index contributed by atoms with van der Waals surface area (Å²) in [5, 5.41) is 1.88. The number of rotatable bonds is 2. The molecule has 2 heterocycles. The van der Waals surface area contributed by atoms with E-state index in [1.165, 1.54) is 11.3 Å². The van der Waals surface area contributed by atoms with E-state index in [-0.39, 0.29) is 5.91 Å². The molecule has 0 radical (unpaired) electrons. The highest BCUT2D eigenvalue weighted by atomic mass is 32.1. The number of hydrogen-bond donors (Lipinski definition) is 0. The van der Waals surface area contributed by atoms with Crippen molar-refractivity contribution in [1.82, 2.24) is 4.57 Å². The maximum atomic E-state index is 13.0. The molecule has 0 saturated heterocycles. The minimum absolute atomic E-state index is 0.295. The average Bonchev–Trinajstić information content (AvgIpc) is 3.07. The number of thiazole rings is 1. The second kappa shape index (κ2) is 7.12. The Morgan fingerprint density at radius 3 is 2.69 bits per heavy atom. The Morgan fingerprint density at radius 1 is 1.10 bits per heavy atom. The van der Waals surface area contributed by atoms with Gasteiger partial charge in [-0.3, -0.25) is 4.79 Å². The first-order valence-corrected chi connectivity index (χ1v) is 9.99. The van der Waals surface area contributed by atoms with Crippen molar-refractivity contribution in [3.8, 4) is 23.8 Å². The summed E-state index contributed by atoms with van der Waals surface area (Å²) >= 11 is 1.41. The zero-order valence-corrected chi connectivity index (χ0v) is 16.2. The maximum Gasteiger partial charge on any atom is 0.280 e. The lowest BCUT2D eigenvalue weighted by Gasteiger charge is -2.18. The zero-order chi connectivity index (χ0) is 19.8. The highest BCUT2D eigenvalue weighted by Crippen LogP contribution is 2.35. The monoisotopic (exact) mass is 400 g/mol. The smallest absolute Gasteiger partial charge is 0.280 e. The third kappa shape index (κ3) is 3.06. The third-order valence-electron chi connectivity index (χ3n) is 4.81. The van der Waals surface area contributed by atoms with Crippen molar-refractivity contribution >= 4 is 38.2 Å². The van der Waals surface area contributed by atoms with E-state index in [4.69, 9.17) is 15.9 Å². The van der Waals surface area contributed by atoms with Crippen LogP contribution in [0.5, 0.6) is 11.5 Å². The van der Waals surface area contributed by atoms with Crippen LogP contribution in [0.25, 0.3) is 21.0 Å². The molecule has 0 bridgehead atoms. The van der Waals surface area contributed by atoms with Crippen LogP contribution in [0.1, 0.15) is 10.4 Å². The lowest BCUT2D eigenvalue weighted by atomic mass is 10.0. The van der Waals surface area contributed by atoms with Gasteiger partial charge in [0.15, 0.2) is 16.3 Å². The molecule has 1 aliphatic heterocycles. The summed E-state index contributed by atoms with van der Waals surface area (Å²) in [6.07, 6.45) is 5.59. The summed E-state index contributed by atoms with van der Waals surface area (Å²) in [6, 6.07) is 17.3. The quantitative estimate of drug-likeness (QED) is 0.478. The molecule has 5 nitrogen and oxygen atoms in total. The molecule has 1 aromatic heterocycles. The van der Waals surface area contributed by atoms with Gasteiger partial charge in [-0.25, -0.2) is 0 Å². The minimum atomic E-state index is -0.295. The third-order valence-corrected chi connectivity index (χ3v) is 5.85. The highest BCUT2D eigenvalue weighted by Gasteiger charge is 2.17. The summed E-state index contributed by atoms with van der Waals surface area (Å²) in [7, 11) is 0. The van der Waals surface area contributed by atoms with Crippen molar-refractivity contribution in [2.24, 2.45) is 4.99 Å². The van der Waals surface area contributed by atoms with E-state index in [2.05, 4.69) is 10.9 Å². The SMILES string of the molecule is C#CCn1c(=NC(=O)c2cccc3ccccc23)sc2cc3c(cc21)OCCO3. The number of aromatic nitrogens is 1. The van der Waals surface area contributed by atoms with E-state index >= 15 is 0 Å². The van der Waals surface area contributed by atoms with Crippen molar-refractivity contribution in [2.45, 2.75) is 6.54 Å². The van der Waals surface area contributed by atoms with Gasteiger partial charge in [-0.1, -0.05) is 53.7 Å². The molecule has 3 aromatic carbocycles. The topological polar surface area (TPSA) is 52.8 Å². The van der Waals surface area contributed by atoms with Crippen LogP contribution in [0.4, 0.5) is 0 Å². The van der Waals surface area contributed by atoms with Crippen LogP contribution < -0.4 is 14.3 Å². The van der Waals surface area contributed by atoms with Crippen LogP contribution >= 0.6 is 11.3 Å². The number of ether oxygens (including phenoxy) is 2. The highest BCUT2D eigenvalue weighted by molar-refractivity contribution is 7.16. The van der Waals surface area contributed by atoms with Crippen molar-refractivity contribution < 1.29 is 14.3 Å². The number of carbonyl (C=O) groups is 1. The van der Waals surface area contributed by atoms with Gasteiger partial charge < -0.3 is 14.0 Å². The van der Waals surface area contributed by atoms with Gasteiger partial charge in [0, 0.05) is 17.7 Å². The molecule has 0 atom stereocenters. The summed E-state index contributed by atoms with van der Waals surface area (Å²) in [4.78, 5) is 18.0. The van der Waals surface area contributed by atoms with E-state index in [1.54, 1.807) is 6.07 Å². The van der Waals surface area contributed by atoms with E-state index in [0.29, 0.717) is 41.6 Å². The summed E-state index contributed by atoms with van der Waals surface area (Å²) in [5.41, 5.74) is 1.44. The van der Waals surface area contributed by atoms with Crippen LogP contribution in [0.3, 0.4) is 0 Å². The van der Waals surface area contributed by atoms with Gasteiger partial charge in [-0.2, -0.15) is 4.99 Å². The Balaban J connectivity index is 1.69. The Labute approximate surface area is 170 Å². The summed E-state index contributed by atoms with van der Waals surface area (Å²) < 4.78 is 14.2. The van der Waals surface area contributed by atoms with Gasteiger partial charge in [0.05, 0.1) is 16.8 Å². The molecule has 0 spiro atoms. The number of fused-ring (bicyclic) bond motifs is 3. The molecule has 142 valence electrons. The number of amides is 1. The number of carbonyl (C=O) groups excluding carboxylic acids is 1. The van der Waals surface area contributed by atoms with Gasteiger partial charge in [-0.15, -0.1) is 6.42 Å². The molecule has 6 heteroatoms.